The molecule has 0 radical (unpaired) electrons. The van der Waals surface area contributed by atoms with E-state index < -0.39 is 0 Å². The number of nitrogens with zero attached hydrogens (tertiary/aromatic N) is 2. The minimum absolute atomic E-state index is 0.0983. The molecule has 0 unspecified atom stereocenters. The monoisotopic (exact) mass is 218 g/mol. The number of halogens is 1. The van der Waals surface area contributed by atoms with Gasteiger partial charge in [-0.25, -0.2) is 14.4 Å². The van der Waals surface area contributed by atoms with Crippen LogP contribution in [0.2, 0.25) is 0 Å². The van der Waals surface area contributed by atoms with Gasteiger partial charge in [-0.05, 0) is 23.8 Å². The van der Waals surface area contributed by atoms with Crippen LogP contribution in [0.4, 0.5) is 4.39 Å². The van der Waals surface area contributed by atoms with E-state index in [1.807, 2.05) is 0 Å². The van der Waals surface area contributed by atoms with Gasteiger partial charge in [0.15, 0.2) is 0 Å². The van der Waals surface area contributed by atoms with Gasteiger partial charge in [0.25, 0.3) is 0 Å². The molecule has 2 aromatic rings. The van der Waals surface area contributed by atoms with E-state index in [-0.39, 0.29) is 12.4 Å². The molecule has 0 fully saturated rings. The van der Waals surface area contributed by atoms with Crippen molar-refractivity contribution < 1.29 is 9.50 Å². The number of hydrogen-bond acceptors (Lipinski definition) is 3. The third-order valence-electron chi connectivity index (χ3n) is 2.20. The standard InChI is InChI=1S/C12H11FN2O/c13-10-3-1-9(2-4-10)7-12-14-6-5-11(8-16)15-12/h1-6,16H,7-8H2. The molecule has 0 saturated heterocycles. The average molecular weight is 218 g/mol. The lowest BCUT2D eigenvalue weighted by molar-refractivity contribution is 0.276. The molecular weight excluding hydrogens is 207 g/mol. The van der Waals surface area contributed by atoms with Crippen LogP contribution in [0.25, 0.3) is 0 Å². The predicted octanol–water partition coefficient (Wildman–Crippen LogP) is 1.70. The maximum Gasteiger partial charge on any atom is 0.132 e. The Morgan fingerprint density at radius 3 is 2.56 bits per heavy atom. The number of hydrogen-bond donors (Lipinski definition) is 1. The Morgan fingerprint density at radius 2 is 1.88 bits per heavy atom. The summed E-state index contributed by atoms with van der Waals surface area (Å²) in [6, 6.07) is 7.87. The van der Waals surface area contributed by atoms with E-state index >= 15 is 0 Å². The van der Waals surface area contributed by atoms with Gasteiger partial charge in [0.05, 0.1) is 12.3 Å². The molecular formula is C12H11FN2O. The molecule has 0 spiro atoms. The van der Waals surface area contributed by atoms with Crippen LogP contribution in [0.15, 0.2) is 36.5 Å². The highest BCUT2D eigenvalue weighted by Gasteiger charge is 2.01. The van der Waals surface area contributed by atoms with Crippen LogP contribution in [0.1, 0.15) is 17.1 Å². The molecule has 1 N–H and O–H groups in total. The summed E-state index contributed by atoms with van der Waals surface area (Å²) in [4.78, 5) is 8.24. The Morgan fingerprint density at radius 1 is 1.12 bits per heavy atom. The highest BCUT2D eigenvalue weighted by Crippen LogP contribution is 2.07. The van der Waals surface area contributed by atoms with Gasteiger partial charge in [0.1, 0.15) is 11.6 Å². The summed E-state index contributed by atoms with van der Waals surface area (Å²) in [5.41, 5.74) is 1.53. The van der Waals surface area contributed by atoms with Gasteiger partial charge in [0, 0.05) is 12.6 Å². The lowest BCUT2D eigenvalue weighted by atomic mass is 10.1. The van der Waals surface area contributed by atoms with Gasteiger partial charge < -0.3 is 5.11 Å². The first kappa shape index (κ1) is 10.7. The van der Waals surface area contributed by atoms with Gasteiger partial charge in [-0.2, -0.15) is 0 Å². The molecule has 1 aromatic heterocycles. The number of aliphatic hydroxyl groups excluding tert-OH is 1. The highest BCUT2D eigenvalue weighted by molar-refractivity contribution is 5.20. The lowest BCUT2D eigenvalue weighted by Crippen LogP contribution is -1.99. The first-order valence-corrected chi connectivity index (χ1v) is 4.94. The van der Waals surface area contributed by atoms with E-state index in [9.17, 15) is 4.39 Å². The summed E-state index contributed by atoms with van der Waals surface area (Å²) in [6.45, 7) is -0.0983. The molecule has 16 heavy (non-hydrogen) atoms. The molecule has 0 bridgehead atoms. The molecule has 0 atom stereocenters. The minimum Gasteiger partial charge on any atom is -0.390 e. The third-order valence-corrected chi connectivity index (χ3v) is 2.20. The summed E-state index contributed by atoms with van der Waals surface area (Å²) in [5, 5.41) is 8.92. The fourth-order valence-electron chi connectivity index (χ4n) is 1.40. The zero-order valence-electron chi connectivity index (χ0n) is 8.60. The van der Waals surface area contributed by atoms with Gasteiger partial charge in [-0.3, -0.25) is 0 Å². The Kier molecular flexibility index (Phi) is 3.22. The van der Waals surface area contributed by atoms with E-state index in [1.165, 1.54) is 12.1 Å². The van der Waals surface area contributed by atoms with Crippen LogP contribution < -0.4 is 0 Å². The molecule has 0 aliphatic rings. The van der Waals surface area contributed by atoms with Crippen LogP contribution >= 0.6 is 0 Å². The van der Waals surface area contributed by atoms with Crippen molar-refractivity contribution in [2.75, 3.05) is 0 Å². The van der Waals surface area contributed by atoms with E-state index in [2.05, 4.69) is 9.97 Å². The topological polar surface area (TPSA) is 46.0 Å². The molecule has 0 saturated carbocycles. The number of aromatic nitrogens is 2. The summed E-state index contributed by atoms with van der Waals surface area (Å²) >= 11 is 0. The van der Waals surface area contributed by atoms with Gasteiger partial charge >= 0.3 is 0 Å². The van der Waals surface area contributed by atoms with Crippen molar-refractivity contribution in [3.05, 3.63) is 59.4 Å². The zero-order valence-corrected chi connectivity index (χ0v) is 8.60. The van der Waals surface area contributed by atoms with Crippen LogP contribution in [0.5, 0.6) is 0 Å². The summed E-state index contributed by atoms with van der Waals surface area (Å²) < 4.78 is 12.7. The normalized spacial score (nSPS) is 10.4. The first-order chi connectivity index (χ1) is 7.78. The Labute approximate surface area is 92.6 Å². The molecule has 0 amide bonds. The van der Waals surface area contributed by atoms with Crippen molar-refractivity contribution in [3.63, 3.8) is 0 Å². The second-order valence-electron chi connectivity index (χ2n) is 3.43. The molecule has 4 heteroatoms. The van der Waals surface area contributed by atoms with Crippen LogP contribution in [0.3, 0.4) is 0 Å². The number of rotatable bonds is 3. The van der Waals surface area contributed by atoms with E-state index in [0.717, 1.165) is 5.56 Å². The lowest BCUT2D eigenvalue weighted by Gasteiger charge is -2.02. The smallest absolute Gasteiger partial charge is 0.132 e. The van der Waals surface area contributed by atoms with Crippen LogP contribution in [0, 0.1) is 5.82 Å². The molecule has 1 aromatic carbocycles. The van der Waals surface area contributed by atoms with E-state index in [4.69, 9.17) is 5.11 Å². The van der Waals surface area contributed by atoms with Crippen LogP contribution in [-0.2, 0) is 13.0 Å². The number of benzene rings is 1. The van der Waals surface area contributed by atoms with Crippen molar-refractivity contribution in [1.82, 2.24) is 9.97 Å². The van der Waals surface area contributed by atoms with Gasteiger partial charge in [0.2, 0.25) is 0 Å². The Balaban J connectivity index is 2.16. The predicted molar refractivity (Wildman–Crippen MR) is 57.2 cm³/mol. The molecule has 0 aliphatic heterocycles. The molecule has 2 rings (SSSR count). The van der Waals surface area contributed by atoms with Crippen molar-refractivity contribution in [3.8, 4) is 0 Å². The van der Waals surface area contributed by atoms with Crippen molar-refractivity contribution in [2.24, 2.45) is 0 Å². The molecule has 1 heterocycles. The van der Waals surface area contributed by atoms with Crippen molar-refractivity contribution in [1.29, 1.82) is 0 Å². The summed E-state index contributed by atoms with van der Waals surface area (Å²) in [6.07, 6.45) is 2.14. The zero-order chi connectivity index (χ0) is 11.4. The summed E-state index contributed by atoms with van der Waals surface area (Å²) in [5.74, 6) is 0.368. The minimum atomic E-state index is -0.256. The highest BCUT2D eigenvalue weighted by atomic mass is 19.1. The van der Waals surface area contributed by atoms with Crippen molar-refractivity contribution in [2.45, 2.75) is 13.0 Å². The van der Waals surface area contributed by atoms with E-state index in [1.54, 1.807) is 24.4 Å². The Bertz CT molecular complexity index is 471. The second kappa shape index (κ2) is 4.81. The maximum absolute atomic E-state index is 12.7. The average Bonchev–Trinajstić information content (AvgIpc) is 2.32. The maximum atomic E-state index is 12.7. The SMILES string of the molecule is OCc1ccnc(Cc2ccc(F)cc2)n1. The fourth-order valence-corrected chi connectivity index (χ4v) is 1.40. The molecule has 0 aliphatic carbocycles. The quantitative estimate of drug-likeness (QED) is 0.852. The number of aliphatic hydroxyl groups is 1. The summed E-state index contributed by atoms with van der Waals surface area (Å²) in [7, 11) is 0. The Hall–Kier alpha value is -1.81. The largest absolute Gasteiger partial charge is 0.390 e. The fraction of sp³-hybridized carbons (Fsp3) is 0.167. The third kappa shape index (κ3) is 2.61. The first-order valence-electron chi connectivity index (χ1n) is 4.94. The van der Waals surface area contributed by atoms with E-state index in [0.29, 0.717) is 17.9 Å². The molecule has 3 nitrogen and oxygen atoms in total. The molecule has 82 valence electrons. The van der Waals surface area contributed by atoms with Gasteiger partial charge in [-0.1, -0.05) is 12.1 Å². The second-order valence-corrected chi connectivity index (χ2v) is 3.43. The van der Waals surface area contributed by atoms with Gasteiger partial charge in [-0.15, -0.1) is 0 Å². The van der Waals surface area contributed by atoms with Crippen molar-refractivity contribution >= 4 is 0 Å². The van der Waals surface area contributed by atoms with Crippen LogP contribution in [-0.4, -0.2) is 15.1 Å².